The quantitative estimate of drug-likeness (QED) is 0.210. The van der Waals surface area contributed by atoms with Crippen molar-refractivity contribution in [1.29, 1.82) is 0 Å². The molecule has 3 aliphatic rings. The Morgan fingerprint density at radius 1 is 0.423 bits per heavy atom. The molecule has 7 rings (SSSR count). The van der Waals surface area contributed by atoms with Crippen LogP contribution >= 0.6 is 0 Å². The van der Waals surface area contributed by atoms with Gasteiger partial charge in [-0.2, -0.15) is 0 Å². The van der Waals surface area contributed by atoms with Crippen LogP contribution in [0.2, 0.25) is 0 Å². The molecule has 4 aromatic rings. The Kier molecular flexibility index (Phi) is 8.11. The van der Waals surface area contributed by atoms with Crippen molar-refractivity contribution in [3.63, 3.8) is 0 Å². The van der Waals surface area contributed by atoms with Crippen molar-refractivity contribution in [3.8, 4) is 0 Å². The van der Waals surface area contributed by atoms with Gasteiger partial charge in [-0.15, -0.1) is 0 Å². The number of hydrogen-bond donors (Lipinski definition) is 2. The number of carboxylic acid groups (broad SMARTS) is 2. The van der Waals surface area contributed by atoms with Crippen LogP contribution in [0.4, 0.5) is 0 Å². The summed E-state index contributed by atoms with van der Waals surface area (Å²) in [5.74, 6) is -1.87. The molecular weight excluding hydrogens is 641 g/mol. The molecule has 0 saturated heterocycles. The molecule has 0 aliphatic heterocycles. The molecule has 4 nitrogen and oxygen atoms in total. The second-order valence-electron chi connectivity index (χ2n) is 19.0. The van der Waals surface area contributed by atoms with Crippen LogP contribution in [0.5, 0.6) is 0 Å². The Morgan fingerprint density at radius 3 is 0.942 bits per heavy atom. The molecule has 4 aromatic carbocycles. The van der Waals surface area contributed by atoms with Crippen LogP contribution in [0, 0.1) is 13.8 Å². The number of fused-ring (bicyclic) bond motifs is 2. The maximum Gasteiger partial charge on any atom is 0.335 e. The minimum Gasteiger partial charge on any atom is -0.478 e. The van der Waals surface area contributed by atoms with Crippen molar-refractivity contribution in [3.05, 3.63) is 140 Å². The van der Waals surface area contributed by atoms with E-state index in [-0.39, 0.29) is 32.8 Å². The minimum absolute atomic E-state index is 0.00541. The highest BCUT2D eigenvalue weighted by Crippen LogP contribution is 2.68. The predicted octanol–water partition coefficient (Wildman–Crippen LogP) is 11.5. The number of carbonyl (C=O) groups is 2. The summed E-state index contributed by atoms with van der Waals surface area (Å²) in [5, 5.41) is 19.9. The smallest absolute Gasteiger partial charge is 0.335 e. The summed E-state index contributed by atoms with van der Waals surface area (Å²) < 4.78 is 0. The Hall–Kier alpha value is -4.18. The Balaban J connectivity index is 1.63. The van der Waals surface area contributed by atoms with E-state index in [1.165, 1.54) is 44.5 Å². The third-order valence-corrected chi connectivity index (χ3v) is 14.2. The van der Waals surface area contributed by atoms with Gasteiger partial charge in [0.1, 0.15) is 0 Å². The van der Waals surface area contributed by atoms with Gasteiger partial charge in [-0.1, -0.05) is 104 Å². The predicted molar refractivity (Wildman–Crippen MR) is 211 cm³/mol. The molecule has 2 unspecified atom stereocenters. The van der Waals surface area contributed by atoms with Crippen molar-refractivity contribution < 1.29 is 19.8 Å². The van der Waals surface area contributed by atoms with Crippen molar-refractivity contribution in [2.75, 3.05) is 0 Å². The van der Waals surface area contributed by atoms with E-state index < -0.39 is 22.8 Å². The third kappa shape index (κ3) is 5.14. The first kappa shape index (κ1) is 36.2. The summed E-state index contributed by atoms with van der Waals surface area (Å²) in [5.41, 5.74) is 12.4. The molecule has 4 heteroatoms. The molecule has 0 radical (unpaired) electrons. The lowest BCUT2D eigenvalue weighted by atomic mass is 9.39. The normalized spacial score (nSPS) is 25.0. The fourth-order valence-electron chi connectivity index (χ4n) is 10.6. The number of hydrogen-bond acceptors (Lipinski definition) is 2. The van der Waals surface area contributed by atoms with E-state index in [2.05, 4.69) is 118 Å². The van der Waals surface area contributed by atoms with E-state index in [1.54, 1.807) is 24.3 Å². The van der Waals surface area contributed by atoms with Gasteiger partial charge in [0.2, 0.25) is 0 Å². The Morgan fingerprint density at radius 2 is 0.692 bits per heavy atom. The molecule has 2 atom stereocenters. The summed E-state index contributed by atoms with van der Waals surface area (Å²) in [7, 11) is 0. The van der Waals surface area contributed by atoms with Crippen LogP contribution in [0.15, 0.2) is 72.8 Å². The van der Waals surface area contributed by atoms with Crippen molar-refractivity contribution in [2.45, 2.75) is 140 Å². The molecule has 0 aromatic heterocycles. The highest BCUT2D eigenvalue weighted by molar-refractivity contribution is 5.88. The first-order valence-corrected chi connectivity index (χ1v) is 19.2. The van der Waals surface area contributed by atoms with Crippen LogP contribution < -0.4 is 0 Å². The molecule has 1 saturated carbocycles. The maximum absolute atomic E-state index is 12.2. The molecule has 1 fully saturated rings. The average molecular weight is 697 g/mol. The summed E-state index contributed by atoms with van der Waals surface area (Å²) in [6.07, 6.45) is 6.21. The van der Waals surface area contributed by atoms with Crippen molar-refractivity contribution >= 4 is 11.9 Å². The summed E-state index contributed by atoms with van der Waals surface area (Å²) in [6.45, 7) is 23.5. The second-order valence-corrected chi connectivity index (χ2v) is 19.0. The molecule has 52 heavy (non-hydrogen) atoms. The zero-order chi connectivity index (χ0) is 37.8. The molecule has 2 N–H and O–H groups in total. The van der Waals surface area contributed by atoms with E-state index in [4.69, 9.17) is 0 Å². The topological polar surface area (TPSA) is 74.6 Å². The van der Waals surface area contributed by atoms with E-state index in [0.717, 1.165) is 49.7 Å². The lowest BCUT2D eigenvalue weighted by molar-refractivity contribution is 0.0685. The molecule has 0 heterocycles. The average Bonchev–Trinajstić information content (AvgIpc) is 3.07. The summed E-state index contributed by atoms with van der Waals surface area (Å²) in [4.78, 5) is 24.3. The van der Waals surface area contributed by atoms with Crippen molar-refractivity contribution in [1.82, 2.24) is 0 Å². The Bertz CT molecular complexity index is 1960. The summed E-state index contributed by atoms with van der Waals surface area (Å²) in [6, 6.07) is 25.2. The standard InChI is InChI=1S/C48H56O4/c1-29-25-37-39(45(7,8)21-19-43(37,3)4)27-35(29)47(33-15-11-31(12-16-33)41(49)50)23-24-48(47,34-17-13-32(14-18-34)42(51)52)36-28-40-38(26-30(36)2)44(5,6)20-22-46(40,9)10/h11-18,25-28H,19-24H2,1-10H3,(H,49,50)(H,51,52). The third-order valence-electron chi connectivity index (χ3n) is 14.2. The Labute approximate surface area is 310 Å². The molecule has 3 aliphatic carbocycles. The molecular formula is C48H56O4. The largest absolute Gasteiger partial charge is 0.478 e. The van der Waals surface area contributed by atoms with Gasteiger partial charge in [0.15, 0.2) is 0 Å². The first-order valence-electron chi connectivity index (χ1n) is 19.2. The molecule has 272 valence electrons. The van der Waals surface area contributed by atoms with E-state index >= 15 is 0 Å². The first-order chi connectivity index (χ1) is 24.2. The SMILES string of the molecule is Cc1cc2c(cc1C1(c3ccc(C(=O)O)cc3)CCC1(c1ccc(C(=O)O)cc1)c1cc3c(cc1C)C(C)(C)CCC3(C)C)C(C)(C)CCC2(C)C. The lowest BCUT2D eigenvalue weighted by Crippen LogP contribution is -2.60. The van der Waals surface area contributed by atoms with Crippen LogP contribution in [0.3, 0.4) is 0 Å². The van der Waals surface area contributed by atoms with Gasteiger partial charge in [0.25, 0.3) is 0 Å². The van der Waals surface area contributed by atoms with Crippen LogP contribution in [-0.4, -0.2) is 22.2 Å². The molecule has 0 spiro atoms. The number of carboxylic acids is 2. The van der Waals surface area contributed by atoms with Crippen LogP contribution in [-0.2, 0) is 32.5 Å². The van der Waals surface area contributed by atoms with Gasteiger partial charge < -0.3 is 10.2 Å². The van der Waals surface area contributed by atoms with Crippen LogP contribution in [0.25, 0.3) is 0 Å². The zero-order valence-electron chi connectivity index (χ0n) is 32.9. The number of rotatable bonds is 6. The molecule has 0 bridgehead atoms. The highest BCUT2D eigenvalue weighted by Gasteiger charge is 2.64. The van der Waals surface area contributed by atoms with Gasteiger partial charge in [-0.3, -0.25) is 0 Å². The minimum atomic E-state index is -0.936. The van der Waals surface area contributed by atoms with Crippen molar-refractivity contribution in [2.24, 2.45) is 0 Å². The van der Waals surface area contributed by atoms with Crippen LogP contribution in [0.1, 0.15) is 170 Å². The van der Waals surface area contributed by atoms with E-state index in [0.29, 0.717) is 0 Å². The lowest BCUT2D eigenvalue weighted by Gasteiger charge is -2.63. The fraction of sp³-hybridized carbons (Fsp3) is 0.458. The number of aromatic carboxylic acids is 2. The monoisotopic (exact) mass is 696 g/mol. The molecule has 0 amide bonds. The highest BCUT2D eigenvalue weighted by atomic mass is 16.4. The fourth-order valence-corrected chi connectivity index (χ4v) is 10.6. The van der Waals surface area contributed by atoms with E-state index in [1.807, 2.05) is 0 Å². The number of aryl methyl sites for hydroxylation is 2. The second kappa shape index (κ2) is 11.7. The van der Waals surface area contributed by atoms with Gasteiger partial charge in [0.05, 0.1) is 11.1 Å². The van der Waals surface area contributed by atoms with E-state index in [9.17, 15) is 19.8 Å². The van der Waals surface area contributed by atoms with Gasteiger partial charge in [-0.25, -0.2) is 9.59 Å². The van der Waals surface area contributed by atoms with Gasteiger partial charge in [0, 0.05) is 10.8 Å². The van der Waals surface area contributed by atoms with Gasteiger partial charge in [-0.05, 0) is 154 Å². The maximum atomic E-state index is 12.2. The van der Waals surface area contributed by atoms with Gasteiger partial charge >= 0.3 is 11.9 Å². The summed E-state index contributed by atoms with van der Waals surface area (Å²) >= 11 is 0. The zero-order valence-corrected chi connectivity index (χ0v) is 32.9. The number of benzene rings is 4.